The summed E-state index contributed by atoms with van der Waals surface area (Å²) in [6, 6.07) is 16.0. The van der Waals surface area contributed by atoms with Gasteiger partial charge in [0.1, 0.15) is 10.7 Å². The molecule has 23 heavy (non-hydrogen) atoms. The van der Waals surface area contributed by atoms with Gasteiger partial charge in [-0.3, -0.25) is 4.79 Å². The molecule has 0 aliphatic rings. The lowest BCUT2D eigenvalue weighted by Gasteiger charge is -2.05. The van der Waals surface area contributed by atoms with Crippen molar-refractivity contribution in [1.82, 2.24) is 10.3 Å². The Balaban J connectivity index is 1.89. The fourth-order valence-corrected chi connectivity index (χ4v) is 2.92. The first kappa shape index (κ1) is 14.9. The average Bonchev–Trinajstić information content (AvgIpc) is 2.97. The van der Waals surface area contributed by atoms with Gasteiger partial charge < -0.3 is 10.4 Å². The Hall–Kier alpha value is -2.99. The van der Waals surface area contributed by atoms with Crippen LogP contribution in [0.25, 0.3) is 16.3 Å². The number of carboxylic acids is 1. The Bertz CT molecular complexity index is 867. The van der Waals surface area contributed by atoms with E-state index in [1.54, 1.807) is 30.3 Å². The molecule has 1 aromatic heterocycles. The third kappa shape index (κ3) is 3.44. The minimum absolute atomic E-state index is 0.210. The van der Waals surface area contributed by atoms with Gasteiger partial charge in [-0.15, -0.1) is 11.3 Å². The van der Waals surface area contributed by atoms with E-state index in [4.69, 9.17) is 0 Å². The van der Waals surface area contributed by atoms with Crippen LogP contribution in [-0.2, 0) is 4.79 Å². The van der Waals surface area contributed by atoms with E-state index in [9.17, 15) is 14.7 Å². The summed E-state index contributed by atoms with van der Waals surface area (Å²) in [5.74, 6) is -1.69. The number of hydrogen-bond acceptors (Lipinski definition) is 4. The van der Waals surface area contributed by atoms with Crippen LogP contribution in [0.4, 0.5) is 0 Å². The normalized spacial score (nSPS) is 11.4. The largest absolute Gasteiger partial charge is 0.477 e. The van der Waals surface area contributed by atoms with Crippen LogP contribution in [0.1, 0.15) is 15.4 Å². The molecule has 3 aromatic rings. The standard InChI is InChI=1S/C17H12N2O3S/c20-16(11-6-2-1-3-7-11)19-13(17(21)22)10-15-18-12-8-4-5-9-14(12)23-15/h1-10H,(H,19,20)(H,21,22)/b13-10-. The summed E-state index contributed by atoms with van der Waals surface area (Å²) in [5.41, 5.74) is 0.977. The lowest BCUT2D eigenvalue weighted by Crippen LogP contribution is -2.27. The molecule has 0 saturated carbocycles. The van der Waals surface area contributed by atoms with Crippen LogP contribution in [0.5, 0.6) is 0 Å². The minimum Gasteiger partial charge on any atom is -0.477 e. The quantitative estimate of drug-likeness (QED) is 0.723. The van der Waals surface area contributed by atoms with Crippen molar-refractivity contribution in [2.24, 2.45) is 0 Å². The van der Waals surface area contributed by atoms with Gasteiger partial charge >= 0.3 is 5.97 Å². The summed E-state index contributed by atoms with van der Waals surface area (Å²) in [7, 11) is 0. The van der Waals surface area contributed by atoms with Gasteiger partial charge in [0.2, 0.25) is 0 Å². The number of para-hydroxylation sites is 1. The molecule has 3 rings (SSSR count). The van der Waals surface area contributed by atoms with Crippen LogP contribution in [0.3, 0.4) is 0 Å². The third-order valence-corrected chi connectivity index (χ3v) is 4.08. The summed E-state index contributed by atoms with van der Waals surface area (Å²) < 4.78 is 0.956. The monoisotopic (exact) mass is 324 g/mol. The van der Waals surface area contributed by atoms with E-state index in [1.807, 2.05) is 24.3 Å². The molecule has 0 atom stereocenters. The van der Waals surface area contributed by atoms with Crippen molar-refractivity contribution in [3.05, 3.63) is 70.9 Å². The number of fused-ring (bicyclic) bond motifs is 1. The number of carboxylic acid groups (broad SMARTS) is 1. The molecular weight excluding hydrogens is 312 g/mol. The zero-order valence-corrected chi connectivity index (χ0v) is 12.7. The molecule has 0 fully saturated rings. The highest BCUT2D eigenvalue weighted by Crippen LogP contribution is 2.23. The number of benzene rings is 2. The highest BCUT2D eigenvalue weighted by Gasteiger charge is 2.14. The second-order valence-electron chi connectivity index (χ2n) is 4.70. The van der Waals surface area contributed by atoms with E-state index in [-0.39, 0.29) is 5.70 Å². The Morgan fingerprint density at radius 3 is 2.43 bits per heavy atom. The molecule has 5 nitrogen and oxygen atoms in total. The van der Waals surface area contributed by atoms with Crippen LogP contribution in [0.2, 0.25) is 0 Å². The zero-order chi connectivity index (χ0) is 16.2. The van der Waals surface area contributed by atoms with Gasteiger partial charge in [-0.1, -0.05) is 30.3 Å². The summed E-state index contributed by atoms with van der Waals surface area (Å²) in [4.78, 5) is 27.8. The topological polar surface area (TPSA) is 79.3 Å². The van der Waals surface area contributed by atoms with Gasteiger partial charge in [-0.2, -0.15) is 0 Å². The van der Waals surface area contributed by atoms with E-state index >= 15 is 0 Å². The van der Waals surface area contributed by atoms with Crippen molar-refractivity contribution in [2.45, 2.75) is 0 Å². The number of aliphatic carboxylic acids is 1. The second-order valence-corrected chi connectivity index (χ2v) is 5.77. The number of carbonyl (C=O) groups is 2. The van der Waals surface area contributed by atoms with E-state index in [0.717, 1.165) is 10.2 Å². The van der Waals surface area contributed by atoms with Crippen molar-refractivity contribution >= 4 is 39.5 Å². The number of thiazole rings is 1. The summed E-state index contributed by atoms with van der Waals surface area (Å²) >= 11 is 1.36. The minimum atomic E-state index is -1.21. The third-order valence-electron chi connectivity index (χ3n) is 3.09. The Morgan fingerprint density at radius 2 is 1.74 bits per heavy atom. The zero-order valence-electron chi connectivity index (χ0n) is 11.9. The molecule has 0 radical (unpaired) electrons. The van der Waals surface area contributed by atoms with Crippen LogP contribution >= 0.6 is 11.3 Å². The van der Waals surface area contributed by atoms with Gasteiger partial charge in [-0.25, -0.2) is 9.78 Å². The predicted molar refractivity (Wildman–Crippen MR) is 89.1 cm³/mol. The highest BCUT2D eigenvalue weighted by molar-refractivity contribution is 7.19. The predicted octanol–water partition coefficient (Wildman–Crippen LogP) is 3.15. The molecule has 0 unspecified atom stereocenters. The molecule has 0 aliphatic carbocycles. The first-order valence-electron chi connectivity index (χ1n) is 6.80. The molecule has 6 heteroatoms. The number of aromatic nitrogens is 1. The Labute approximate surface area is 135 Å². The number of rotatable bonds is 4. The number of amides is 1. The van der Waals surface area contributed by atoms with Crippen LogP contribution < -0.4 is 5.32 Å². The first-order chi connectivity index (χ1) is 11.1. The summed E-state index contributed by atoms with van der Waals surface area (Å²) in [6.45, 7) is 0. The smallest absolute Gasteiger partial charge is 0.352 e. The molecule has 0 bridgehead atoms. The number of carbonyl (C=O) groups excluding carboxylic acids is 1. The Morgan fingerprint density at radius 1 is 1.04 bits per heavy atom. The van der Waals surface area contributed by atoms with Crippen molar-refractivity contribution in [2.75, 3.05) is 0 Å². The van der Waals surface area contributed by atoms with Gasteiger partial charge in [-0.05, 0) is 24.3 Å². The van der Waals surface area contributed by atoms with E-state index < -0.39 is 11.9 Å². The van der Waals surface area contributed by atoms with Crippen molar-refractivity contribution < 1.29 is 14.7 Å². The van der Waals surface area contributed by atoms with E-state index in [1.165, 1.54) is 17.4 Å². The van der Waals surface area contributed by atoms with Gasteiger partial charge in [0.05, 0.1) is 10.2 Å². The molecule has 0 saturated heterocycles. The molecule has 0 aliphatic heterocycles. The maximum atomic E-state index is 12.1. The fraction of sp³-hybridized carbons (Fsp3) is 0. The van der Waals surface area contributed by atoms with Crippen molar-refractivity contribution in [3.8, 4) is 0 Å². The molecule has 2 aromatic carbocycles. The number of nitrogens with one attached hydrogen (secondary N) is 1. The summed E-state index contributed by atoms with van der Waals surface area (Å²) in [6.07, 6.45) is 1.37. The number of hydrogen-bond donors (Lipinski definition) is 2. The molecule has 1 amide bonds. The maximum absolute atomic E-state index is 12.1. The highest BCUT2D eigenvalue weighted by atomic mass is 32.1. The van der Waals surface area contributed by atoms with E-state index in [0.29, 0.717) is 10.6 Å². The molecule has 2 N–H and O–H groups in total. The SMILES string of the molecule is O=C(O)/C(=C/c1nc2ccccc2s1)NC(=O)c1ccccc1. The maximum Gasteiger partial charge on any atom is 0.352 e. The fourth-order valence-electron chi connectivity index (χ4n) is 2.01. The number of nitrogens with zero attached hydrogens (tertiary/aromatic N) is 1. The van der Waals surface area contributed by atoms with Crippen LogP contribution in [-0.4, -0.2) is 22.0 Å². The summed E-state index contributed by atoms with van der Waals surface area (Å²) in [5, 5.41) is 12.2. The lowest BCUT2D eigenvalue weighted by atomic mass is 10.2. The molecular formula is C17H12N2O3S. The average molecular weight is 324 g/mol. The molecule has 114 valence electrons. The first-order valence-corrected chi connectivity index (χ1v) is 7.62. The van der Waals surface area contributed by atoms with Gasteiger partial charge in [0.25, 0.3) is 5.91 Å². The Kier molecular flexibility index (Phi) is 4.16. The van der Waals surface area contributed by atoms with Crippen LogP contribution in [0.15, 0.2) is 60.3 Å². The second kappa shape index (κ2) is 6.41. The lowest BCUT2D eigenvalue weighted by molar-refractivity contribution is -0.132. The van der Waals surface area contributed by atoms with E-state index in [2.05, 4.69) is 10.3 Å². The van der Waals surface area contributed by atoms with Crippen molar-refractivity contribution in [1.29, 1.82) is 0 Å². The van der Waals surface area contributed by atoms with Crippen LogP contribution in [0, 0.1) is 0 Å². The molecule has 1 heterocycles. The van der Waals surface area contributed by atoms with Gasteiger partial charge in [0.15, 0.2) is 0 Å². The van der Waals surface area contributed by atoms with Gasteiger partial charge in [0, 0.05) is 11.6 Å². The molecule has 0 spiro atoms. The van der Waals surface area contributed by atoms with Crippen molar-refractivity contribution in [3.63, 3.8) is 0 Å².